The standard InChI is InChI=1S/C15H14F16O/c1-3-4-5-8(16,17)10(20,21)12(24,25)14(28,29)15(30,31)13(26,27)11(22,23)9(18,19)6-7-32-2/h3H,1,4-7H2,2H3. The number of alkyl halides is 16. The zero-order chi connectivity index (χ0) is 26.2. The first-order chi connectivity index (χ1) is 13.9. The molecule has 0 spiro atoms. The number of hydrogen-bond acceptors (Lipinski definition) is 1. The van der Waals surface area contributed by atoms with Crippen LogP contribution in [0.25, 0.3) is 0 Å². The summed E-state index contributed by atoms with van der Waals surface area (Å²) in [4.78, 5) is 0. The molecule has 0 N–H and O–H groups in total. The Morgan fingerprint density at radius 3 is 1.09 bits per heavy atom. The molecule has 32 heavy (non-hydrogen) atoms. The molecule has 0 aliphatic carbocycles. The maximum absolute atomic E-state index is 13.6. The van der Waals surface area contributed by atoms with E-state index in [1.165, 1.54) is 0 Å². The Morgan fingerprint density at radius 2 is 0.812 bits per heavy atom. The highest BCUT2D eigenvalue weighted by Gasteiger charge is 2.94. The van der Waals surface area contributed by atoms with Crippen LogP contribution >= 0.6 is 0 Å². The topological polar surface area (TPSA) is 9.23 Å². The summed E-state index contributed by atoms with van der Waals surface area (Å²) >= 11 is 0. The van der Waals surface area contributed by atoms with Crippen LogP contribution in [0, 0.1) is 0 Å². The van der Waals surface area contributed by atoms with E-state index in [1.54, 1.807) is 0 Å². The third-order valence-electron chi connectivity index (χ3n) is 4.17. The highest BCUT2D eigenvalue weighted by molar-refractivity contribution is 5.15. The van der Waals surface area contributed by atoms with Crippen LogP contribution in [0.2, 0.25) is 0 Å². The lowest BCUT2D eigenvalue weighted by atomic mass is 9.86. The maximum atomic E-state index is 13.6. The van der Waals surface area contributed by atoms with E-state index < -0.39 is 73.2 Å². The van der Waals surface area contributed by atoms with E-state index >= 15 is 0 Å². The fourth-order valence-corrected chi connectivity index (χ4v) is 2.08. The van der Waals surface area contributed by atoms with Gasteiger partial charge in [0.15, 0.2) is 0 Å². The van der Waals surface area contributed by atoms with E-state index in [0.717, 1.165) is 0 Å². The molecule has 0 bridgehead atoms. The summed E-state index contributed by atoms with van der Waals surface area (Å²) in [6, 6.07) is 0. The zero-order valence-electron chi connectivity index (χ0n) is 15.6. The van der Waals surface area contributed by atoms with Crippen molar-refractivity contribution >= 4 is 0 Å². The molecule has 0 unspecified atom stereocenters. The first kappa shape index (κ1) is 30.6. The molecule has 17 heteroatoms. The first-order valence-electron chi connectivity index (χ1n) is 7.99. The minimum Gasteiger partial charge on any atom is -0.384 e. The van der Waals surface area contributed by atoms with Crippen LogP contribution in [-0.4, -0.2) is 61.1 Å². The van der Waals surface area contributed by atoms with Gasteiger partial charge in [0, 0.05) is 20.0 Å². The summed E-state index contributed by atoms with van der Waals surface area (Å²) in [5, 5.41) is 0. The monoisotopic (exact) mass is 514 g/mol. The molecule has 0 saturated carbocycles. The number of methoxy groups -OCH3 is 1. The number of halogens is 16. The van der Waals surface area contributed by atoms with Crippen molar-refractivity contribution in [3.63, 3.8) is 0 Å². The summed E-state index contributed by atoms with van der Waals surface area (Å²) in [6.07, 6.45) is -5.87. The summed E-state index contributed by atoms with van der Waals surface area (Å²) in [5.74, 6) is -60.7. The van der Waals surface area contributed by atoms with Crippen molar-refractivity contribution in [2.24, 2.45) is 0 Å². The average molecular weight is 514 g/mol. The minimum absolute atomic E-state index is 0.381. The molecule has 0 amide bonds. The maximum Gasteiger partial charge on any atom is 0.384 e. The largest absolute Gasteiger partial charge is 0.384 e. The number of ether oxygens (including phenoxy) is 1. The minimum atomic E-state index is -8.39. The summed E-state index contributed by atoms with van der Waals surface area (Å²) in [6.45, 7) is 1.15. The third kappa shape index (κ3) is 4.24. The zero-order valence-corrected chi connectivity index (χ0v) is 15.6. The lowest BCUT2D eigenvalue weighted by molar-refractivity contribution is -0.453. The lowest BCUT2D eigenvalue weighted by Gasteiger charge is -2.43. The second kappa shape index (κ2) is 8.74. The Bertz CT molecular complexity index is 654. The van der Waals surface area contributed by atoms with Crippen molar-refractivity contribution < 1.29 is 75.0 Å². The molecule has 0 saturated heterocycles. The number of hydrogen-bond donors (Lipinski definition) is 0. The molecule has 0 fully saturated rings. The predicted octanol–water partition coefficient (Wildman–Crippen LogP) is 7.07. The van der Waals surface area contributed by atoms with Gasteiger partial charge in [-0.1, -0.05) is 6.08 Å². The molecule has 192 valence electrons. The molecule has 0 heterocycles. The molecule has 0 aromatic rings. The Kier molecular flexibility index (Phi) is 8.35. The molecular formula is C15H14F16O. The number of rotatable bonds is 13. The Balaban J connectivity index is 6.61. The van der Waals surface area contributed by atoms with E-state index in [0.29, 0.717) is 13.2 Å². The predicted molar refractivity (Wildman–Crippen MR) is 75.5 cm³/mol. The smallest absolute Gasteiger partial charge is 0.384 e. The molecule has 0 rings (SSSR count). The van der Waals surface area contributed by atoms with Gasteiger partial charge in [-0.2, -0.15) is 70.2 Å². The van der Waals surface area contributed by atoms with Gasteiger partial charge in [0.2, 0.25) is 0 Å². The summed E-state index contributed by atoms with van der Waals surface area (Å²) < 4.78 is 219. The molecule has 1 nitrogen and oxygen atoms in total. The van der Waals surface area contributed by atoms with E-state index in [-0.39, 0.29) is 0 Å². The van der Waals surface area contributed by atoms with Crippen LogP contribution in [0.1, 0.15) is 19.3 Å². The van der Waals surface area contributed by atoms with E-state index in [4.69, 9.17) is 0 Å². The fourth-order valence-electron chi connectivity index (χ4n) is 2.08. The van der Waals surface area contributed by atoms with Crippen LogP contribution in [0.15, 0.2) is 12.7 Å². The van der Waals surface area contributed by atoms with Crippen molar-refractivity contribution in [2.45, 2.75) is 66.6 Å². The molecule has 0 radical (unpaired) electrons. The van der Waals surface area contributed by atoms with Gasteiger partial charge in [0.1, 0.15) is 0 Å². The first-order valence-corrected chi connectivity index (χ1v) is 7.99. The molecular weight excluding hydrogens is 500 g/mol. The van der Waals surface area contributed by atoms with E-state index in [1.807, 2.05) is 0 Å². The summed E-state index contributed by atoms with van der Waals surface area (Å²) in [7, 11) is 0.532. The van der Waals surface area contributed by atoms with Crippen molar-refractivity contribution in [1.29, 1.82) is 0 Å². The fraction of sp³-hybridized carbons (Fsp3) is 0.867. The van der Waals surface area contributed by atoms with Gasteiger partial charge in [0.25, 0.3) is 0 Å². The van der Waals surface area contributed by atoms with Gasteiger partial charge in [-0.25, -0.2) is 0 Å². The Labute approximate surface area is 169 Å². The SMILES string of the molecule is C=CCCC(F)(F)C(F)(F)C(F)(F)C(F)(F)C(F)(F)C(F)(F)C(F)(F)C(F)(F)CCOC. The van der Waals surface area contributed by atoms with Crippen molar-refractivity contribution in [2.75, 3.05) is 13.7 Å². The van der Waals surface area contributed by atoms with Crippen LogP contribution in [0.4, 0.5) is 70.2 Å². The Morgan fingerprint density at radius 1 is 0.531 bits per heavy atom. The van der Waals surface area contributed by atoms with Crippen molar-refractivity contribution in [1.82, 2.24) is 0 Å². The highest BCUT2D eigenvalue weighted by Crippen LogP contribution is 2.64. The van der Waals surface area contributed by atoms with Crippen molar-refractivity contribution in [3.8, 4) is 0 Å². The quantitative estimate of drug-likeness (QED) is 0.189. The van der Waals surface area contributed by atoms with Gasteiger partial charge in [0.05, 0.1) is 6.61 Å². The van der Waals surface area contributed by atoms with E-state index in [2.05, 4.69) is 11.3 Å². The molecule has 0 aliphatic heterocycles. The lowest BCUT2D eigenvalue weighted by Crippen LogP contribution is -2.74. The van der Waals surface area contributed by atoms with E-state index in [9.17, 15) is 70.2 Å². The second-order valence-corrected chi connectivity index (χ2v) is 6.43. The van der Waals surface area contributed by atoms with Crippen LogP contribution in [0.5, 0.6) is 0 Å². The van der Waals surface area contributed by atoms with Gasteiger partial charge < -0.3 is 4.74 Å². The third-order valence-corrected chi connectivity index (χ3v) is 4.17. The van der Waals surface area contributed by atoms with Crippen LogP contribution in [-0.2, 0) is 4.74 Å². The Hall–Kier alpha value is -1.42. The van der Waals surface area contributed by atoms with Gasteiger partial charge >= 0.3 is 47.4 Å². The summed E-state index contributed by atoms with van der Waals surface area (Å²) in [5.41, 5.74) is 0. The van der Waals surface area contributed by atoms with Gasteiger partial charge in [-0.15, -0.1) is 6.58 Å². The second-order valence-electron chi connectivity index (χ2n) is 6.43. The van der Waals surface area contributed by atoms with Crippen LogP contribution < -0.4 is 0 Å². The molecule has 0 aromatic heterocycles. The van der Waals surface area contributed by atoms with Gasteiger partial charge in [-0.3, -0.25) is 0 Å². The highest BCUT2D eigenvalue weighted by atomic mass is 19.4. The number of allylic oxidation sites excluding steroid dienone is 1. The average Bonchev–Trinajstić information content (AvgIpc) is 2.63. The van der Waals surface area contributed by atoms with Gasteiger partial charge in [-0.05, 0) is 6.42 Å². The molecule has 0 atom stereocenters. The normalized spacial score (nSPS) is 15.8. The van der Waals surface area contributed by atoms with Crippen molar-refractivity contribution in [3.05, 3.63) is 12.7 Å². The van der Waals surface area contributed by atoms with Crippen LogP contribution in [0.3, 0.4) is 0 Å². The molecule has 0 aromatic carbocycles. The molecule has 0 aliphatic rings.